The SMILES string of the molecule is CCCNC(C)Cc1nc(-c2cc3ccccc3o2)no1. The Morgan fingerprint density at radius 1 is 1.29 bits per heavy atom. The van der Waals surface area contributed by atoms with Gasteiger partial charge in [0, 0.05) is 17.8 Å². The quantitative estimate of drug-likeness (QED) is 0.752. The molecule has 0 aliphatic carbocycles. The van der Waals surface area contributed by atoms with Crippen molar-refractivity contribution in [1.82, 2.24) is 15.5 Å². The third-order valence-corrected chi connectivity index (χ3v) is 3.34. The average molecular weight is 285 g/mol. The van der Waals surface area contributed by atoms with Gasteiger partial charge in [-0.25, -0.2) is 0 Å². The number of hydrogen-bond acceptors (Lipinski definition) is 5. The lowest BCUT2D eigenvalue weighted by Gasteiger charge is -2.09. The average Bonchev–Trinajstić information content (AvgIpc) is 3.10. The fourth-order valence-corrected chi connectivity index (χ4v) is 2.25. The van der Waals surface area contributed by atoms with Crippen LogP contribution in [0.25, 0.3) is 22.6 Å². The van der Waals surface area contributed by atoms with Crippen LogP contribution in [0.15, 0.2) is 39.3 Å². The number of fused-ring (bicyclic) bond motifs is 1. The van der Waals surface area contributed by atoms with Crippen LogP contribution in [0.3, 0.4) is 0 Å². The van der Waals surface area contributed by atoms with Gasteiger partial charge in [-0.05, 0) is 32.0 Å². The second-order valence-electron chi connectivity index (χ2n) is 5.22. The van der Waals surface area contributed by atoms with Crippen LogP contribution >= 0.6 is 0 Å². The van der Waals surface area contributed by atoms with Crippen LogP contribution in [0, 0.1) is 0 Å². The second-order valence-corrected chi connectivity index (χ2v) is 5.22. The molecule has 5 heteroatoms. The fraction of sp³-hybridized carbons (Fsp3) is 0.375. The third kappa shape index (κ3) is 3.13. The van der Waals surface area contributed by atoms with Gasteiger partial charge in [-0.3, -0.25) is 0 Å². The minimum absolute atomic E-state index is 0.314. The summed E-state index contributed by atoms with van der Waals surface area (Å²) < 4.78 is 11.0. The number of rotatable bonds is 6. The Balaban J connectivity index is 1.75. The zero-order valence-electron chi connectivity index (χ0n) is 12.3. The number of hydrogen-bond donors (Lipinski definition) is 1. The summed E-state index contributed by atoms with van der Waals surface area (Å²) in [6.45, 7) is 5.25. The molecule has 1 atom stereocenters. The molecule has 2 heterocycles. The van der Waals surface area contributed by atoms with Gasteiger partial charge in [0.25, 0.3) is 0 Å². The Morgan fingerprint density at radius 2 is 2.14 bits per heavy atom. The molecule has 1 aromatic carbocycles. The van der Waals surface area contributed by atoms with Crippen molar-refractivity contribution in [3.05, 3.63) is 36.2 Å². The molecule has 0 saturated heterocycles. The lowest BCUT2D eigenvalue weighted by Crippen LogP contribution is -2.28. The van der Waals surface area contributed by atoms with Gasteiger partial charge in [-0.1, -0.05) is 30.3 Å². The number of furan rings is 1. The van der Waals surface area contributed by atoms with E-state index in [9.17, 15) is 0 Å². The van der Waals surface area contributed by atoms with Crippen molar-refractivity contribution in [2.45, 2.75) is 32.7 Å². The Labute approximate surface area is 123 Å². The summed E-state index contributed by atoms with van der Waals surface area (Å²) in [5.74, 6) is 1.77. The maximum Gasteiger partial charge on any atom is 0.238 e. The van der Waals surface area contributed by atoms with Crippen LogP contribution in [-0.4, -0.2) is 22.7 Å². The van der Waals surface area contributed by atoms with Crippen LogP contribution in [0.5, 0.6) is 0 Å². The fourth-order valence-electron chi connectivity index (χ4n) is 2.25. The van der Waals surface area contributed by atoms with E-state index in [1.54, 1.807) is 0 Å². The number of nitrogens with zero attached hydrogens (tertiary/aromatic N) is 2. The molecule has 0 spiro atoms. The molecular weight excluding hydrogens is 266 g/mol. The van der Waals surface area contributed by atoms with Gasteiger partial charge in [0.15, 0.2) is 5.76 Å². The van der Waals surface area contributed by atoms with Crippen molar-refractivity contribution in [1.29, 1.82) is 0 Å². The maximum absolute atomic E-state index is 5.74. The first-order chi connectivity index (χ1) is 10.3. The Kier molecular flexibility index (Phi) is 4.01. The van der Waals surface area contributed by atoms with E-state index in [0.29, 0.717) is 29.9 Å². The molecule has 3 aromatic rings. The van der Waals surface area contributed by atoms with Crippen LogP contribution in [-0.2, 0) is 6.42 Å². The number of para-hydroxylation sites is 1. The van der Waals surface area contributed by atoms with Crippen LogP contribution in [0.2, 0.25) is 0 Å². The number of aromatic nitrogens is 2. The molecule has 0 radical (unpaired) electrons. The van der Waals surface area contributed by atoms with E-state index in [4.69, 9.17) is 8.94 Å². The molecule has 0 amide bonds. The van der Waals surface area contributed by atoms with Crippen molar-refractivity contribution >= 4 is 11.0 Å². The highest BCUT2D eigenvalue weighted by Crippen LogP contribution is 2.25. The van der Waals surface area contributed by atoms with Gasteiger partial charge in [-0.2, -0.15) is 4.98 Å². The molecule has 5 nitrogen and oxygen atoms in total. The van der Waals surface area contributed by atoms with E-state index in [2.05, 4.69) is 29.3 Å². The summed E-state index contributed by atoms with van der Waals surface area (Å²) in [5.41, 5.74) is 0.830. The van der Waals surface area contributed by atoms with Crippen molar-refractivity contribution in [3.8, 4) is 11.6 Å². The lowest BCUT2D eigenvalue weighted by atomic mass is 10.2. The summed E-state index contributed by atoms with van der Waals surface area (Å²) in [6.07, 6.45) is 1.83. The zero-order valence-corrected chi connectivity index (χ0v) is 12.3. The molecular formula is C16H19N3O2. The van der Waals surface area contributed by atoms with Gasteiger partial charge in [0.05, 0.1) is 0 Å². The van der Waals surface area contributed by atoms with Crippen LogP contribution in [0.4, 0.5) is 0 Å². The Bertz CT molecular complexity index is 684. The van der Waals surface area contributed by atoms with E-state index >= 15 is 0 Å². The van der Waals surface area contributed by atoms with Crippen LogP contribution in [0.1, 0.15) is 26.2 Å². The number of benzene rings is 1. The standard InChI is InChI=1S/C16H19N3O2/c1-3-8-17-11(2)9-15-18-16(19-21-15)14-10-12-6-4-5-7-13(12)20-14/h4-7,10-11,17H,3,8-9H2,1-2H3. The molecule has 0 bridgehead atoms. The van der Waals surface area contributed by atoms with Gasteiger partial charge >= 0.3 is 0 Å². The molecule has 0 aliphatic rings. The van der Waals surface area contributed by atoms with Gasteiger partial charge in [-0.15, -0.1) is 0 Å². The first-order valence-electron chi connectivity index (χ1n) is 7.31. The van der Waals surface area contributed by atoms with Gasteiger partial charge < -0.3 is 14.3 Å². The monoisotopic (exact) mass is 285 g/mol. The van der Waals surface area contributed by atoms with E-state index < -0.39 is 0 Å². The van der Waals surface area contributed by atoms with E-state index in [1.807, 2.05) is 30.3 Å². The minimum Gasteiger partial charge on any atom is -0.453 e. The minimum atomic E-state index is 0.314. The van der Waals surface area contributed by atoms with Crippen molar-refractivity contribution in [2.24, 2.45) is 0 Å². The van der Waals surface area contributed by atoms with Crippen molar-refractivity contribution in [3.63, 3.8) is 0 Å². The molecule has 21 heavy (non-hydrogen) atoms. The lowest BCUT2D eigenvalue weighted by molar-refractivity contribution is 0.361. The molecule has 2 aromatic heterocycles. The number of nitrogens with one attached hydrogen (secondary N) is 1. The van der Waals surface area contributed by atoms with Crippen LogP contribution < -0.4 is 5.32 Å². The summed E-state index contributed by atoms with van der Waals surface area (Å²) in [7, 11) is 0. The largest absolute Gasteiger partial charge is 0.453 e. The summed E-state index contributed by atoms with van der Waals surface area (Å²) >= 11 is 0. The maximum atomic E-state index is 5.74. The topological polar surface area (TPSA) is 64.1 Å². The smallest absolute Gasteiger partial charge is 0.238 e. The highest BCUT2D eigenvalue weighted by Gasteiger charge is 2.14. The predicted octanol–water partition coefficient (Wildman–Crippen LogP) is 3.41. The molecule has 1 unspecified atom stereocenters. The summed E-state index contributed by atoms with van der Waals surface area (Å²) in [5, 5.41) is 8.45. The molecule has 0 aliphatic heterocycles. The predicted molar refractivity (Wildman–Crippen MR) is 81.0 cm³/mol. The van der Waals surface area contributed by atoms with E-state index in [0.717, 1.165) is 23.9 Å². The van der Waals surface area contributed by atoms with Gasteiger partial charge in [0.2, 0.25) is 11.7 Å². The van der Waals surface area contributed by atoms with Gasteiger partial charge in [0.1, 0.15) is 5.58 Å². The van der Waals surface area contributed by atoms with E-state index in [1.165, 1.54) is 0 Å². The van der Waals surface area contributed by atoms with E-state index in [-0.39, 0.29) is 0 Å². The molecule has 3 rings (SSSR count). The highest BCUT2D eigenvalue weighted by molar-refractivity contribution is 5.81. The molecule has 110 valence electrons. The Hall–Kier alpha value is -2.14. The van der Waals surface area contributed by atoms with Crippen molar-refractivity contribution in [2.75, 3.05) is 6.54 Å². The summed E-state index contributed by atoms with van der Waals surface area (Å²) in [4.78, 5) is 4.41. The Morgan fingerprint density at radius 3 is 2.95 bits per heavy atom. The first kappa shape index (κ1) is 13.8. The second kappa shape index (κ2) is 6.10. The molecule has 1 N–H and O–H groups in total. The summed E-state index contributed by atoms with van der Waals surface area (Å²) in [6, 6.07) is 10.1. The third-order valence-electron chi connectivity index (χ3n) is 3.34. The normalized spacial score (nSPS) is 12.9. The molecule has 0 fully saturated rings. The zero-order chi connectivity index (χ0) is 14.7. The first-order valence-corrected chi connectivity index (χ1v) is 7.31. The molecule has 0 saturated carbocycles. The van der Waals surface area contributed by atoms with Crippen molar-refractivity contribution < 1.29 is 8.94 Å². The highest BCUT2D eigenvalue weighted by atomic mass is 16.5.